The third-order valence-electron chi connectivity index (χ3n) is 4.88. The number of esters is 1. The molecule has 0 aromatic heterocycles. The number of phenolic OH excluding ortho intramolecular Hbond substituents is 2. The quantitative estimate of drug-likeness (QED) is 0.145. The topological polar surface area (TPSA) is 149 Å². The maximum Gasteiger partial charge on any atom is 0.337 e. The van der Waals surface area contributed by atoms with E-state index in [0.717, 1.165) is 0 Å². The molecular weight excluding hydrogens is 488 g/mol. The number of para-hydroxylation sites is 4. The molecule has 38 heavy (non-hydrogen) atoms. The van der Waals surface area contributed by atoms with Crippen LogP contribution in [0.1, 0.15) is 10.4 Å². The number of benzene rings is 4. The molecule has 0 bridgehead atoms. The second kappa shape index (κ2) is 13.5. The summed E-state index contributed by atoms with van der Waals surface area (Å²) >= 11 is 0. The van der Waals surface area contributed by atoms with E-state index in [9.17, 15) is 24.6 Å². The molecular formula is C28H26N4O6. The second-order valence-electron chi connectivity index (χ2n) is 7.63. The van der Waals surface area contributed by atoms with Gasteiger partial charge >= 0.3 is 18.0 Å². The van der Waals surface area contributed by atoms with E-state index >= 15 is 0 Å². The molecule has 0 unspecified atom stereocenters. The van der Waals surface area contributed by atoms with Crippen LogP contribution in [-0.4, -0.2) is 35.4 Å². The van der Waals surface area contributed by atoms with Gasteiger partial charge in [-0.05, 0) is 54.6 Å². The van der Waals surface area contributed by atoms with E-state index in [-0.39, 0.29) is 22.7 Å². The van der Waals surface area contributed by atoms with Crippen molar-refractivity contribution in [3.8, 4) is 11.5 Å². The summed E-state index contributed by atoms with van der Waals surface area (Å²) < 4.78 is 4.58. The van der Waals surface area contributed by atoms with Crippen LogP contribution in [0.3, 0.4) is 0 Å². The lowest BCUT2D eigenvalue weighted by molar-refractivity contribution is 0.0600. The zero-order valence-electron chi connectivity index (χ0n) is 20.3. The van der Waals surface area contributed by atoms with E-state index in [4.69, 9.17) is 0 Å². The van der Waals surface area contributed by atoms with E-state index in [2.05, 4.69) is 26.0 Å². The first-order valence-electron chi connectivity index (χ1n) is 11.3. The molecule has 194 valence electrons. The van der Waals surface area contributed by atoms with Crippen LogP contribution in [0.15, 0.2) is 103 Å². The van der Waals surface area contributed by atoms with Crippen molar-refractivity contribution in [3.63, 3.8) is 0 Å². The highest BCUT2D eigenvalue weighted by Crippen LogP contribution is 2.25. The van der Waals surface area contributed by atoms with Crippen molar-refractivity contribution in [1.82, 2.24) is 0 Å². The maximum atomic E-state index is 11.8. The molecule has 0 aliphatic rings. The van der Waals surface area contributed by atoms with Crippen LogP contribution in [0.2, 0.25) is 0 Å². The average Bonchev–Trinajstić information content (AvgIpc) is 2.92. The van der Waals surface area contributed by atoms with Gasteiger partial charge in [-0.2, -0.15) is 0 Å². The molecule has 0 radical (unpaired) electrons. The smallest absolute Gasteiger partial charge is 0.337 e. The van der Waals surface area contributed by atoms with Gasteiger partial charge < -0.3 is 36.2 Å². The minimum atomic E-state index is -0.554. The first-order valence-corrected chi connectivity index (χ1v) is 11.3. The zero-order valence-corrected chi connectivity index (χ0v) is 20.3. The molecule has 4 aromatic rings. The van der Waals surface area contributed by atoms with Gasteiger partial charge in [-0.3, -0.25) is 0 Å². The van der Waals surface area contributed by atoms with E-state index in [1.165, 1.54) is 31.4 Å². The Morgan fingerprint density at radius 1 is 0.579 bits per heavy atom. The number of phenols is 2. The van der Waals surface area contributed by atoms with Crippen molar-refractivity contribution in [2.45, 2.75) is 0 Å². The van der Waals surface area contributed by atoms with Crippen LogP contribution in [0.5, 0.6) is 11.5 Å². The Morgan fingerprint density at radius 2 is 1.05 bits per heavy atom. The van der Waals surface area contributed by atoms with Gasteiger partial charge in [-0.25, -0.2) is 14.4 Å². The number of hydrogen-bond acceptors (Lipinski definition) is 6. The largest absolute Gasteiger partial charge is 0.506 e. The summed E-state index contributed by atoms with van der Waals surface area (Å²) in [5, 5.41) is 29.5. The molecule has 0 atom stereocenters. The molecule has 4 aromatic carbocycles. The Labute approximate surface area is 218 Å². The van der Waals surface area contributed by atoms with Gasteiger partial charge in [0.15, 0.2) is 0 Å². The van der Waals surface area contributed by atoms with Crippen molar-refractivity contribution in [2.24, 2.45) is 0 Å². The van der Waals surface area contributed by atoms with Gasteiger partial charge in [0.1, 0.15) is 11.5 Å². The summed E-state index contributed by atoms with van der Waals surface area (Å²) in [4.78, 5) is 34.9. The number of ether oxygens (including phenoxy) is 1. The van der Waals surface area contributed by atoms with Crippen LogP contribution in [-0.2, 0) is 4.74 Å². The fraction of sp³-hybridized carbons (Fsp3) is 0.0357. The molecule has 4 amide bonds. The molecule has 0 aliphatic heterocycles. The highest BCUT2D eigenvalue weighted by Gasteiger charge is 2.12. The average molecular weight is 515 g/mol. The first-order chi connectivity index (χ1) is 18.4. The summed E-state index contributed by atoms with van der Waals surface area (Å²) in [6.07, 6.45) is 0. The van der Waals surface area contributed by atoms with E-state index in [1.54, 1.807) is 54.6 Å². The minimum Gasteiger partial charge on any atom is -0.506 e. The van der Waals surface area contributed by atoms with Crippen LogP contribution in [0, 0.1) is 0 Å². The molecule has 6 N–H and O–H groups in total. The fourth-order valence-electron chi connectivity index (χ4n) is 3.07. The number of anilines is 4. The summed E-state index contributed by atoms with van der Waals surface area (Å²) in [5.74, 6) is -0.664. The van der Waals surface area contributed by atoms with E-state index < -0.39 is 18.0 Å². The SMILES string of the molecule is COC(=O)c1ccc(O)c(NC(=O)Nc2ccccc2)c1.O=C(Nc1ccccc1)Nc1ccccc1O. The number of aromatic hydroxyl groups is 2. The Bertz CT molecular complexity index is 1380. The molecule has 0 aliphatic carbocycles. The summed E-state index contributed by atoms with van der Waals surface area (Å²) in [7, 11) is 1.25. The molecule has 10 nitrogen and oxygen atoms in total. The lowest BCUT2D eigenvalue weighted by Crippen LogP contribution is -2.19. The third-order valence-corrected chi connectivity index (χ3v) is 4.88. The third kappa shape index (κ3) is 8.31. The zero-order chi connectivity index (χ0) is 27.3. The Hall–Kier alpha value is -5.51. The van der Waals surface area contributed by atoms with Crippen molar-refractivity contribution in [2.75, 3.05) is 28.4 Å². The van der Waals surface area contributed by atoms with Crippen LogP contribution >= 0.6 is 0 Å². The number of urea groups is 2. The number of methoxy groups -OCH3 is 1. The molecule has 4 rings (SSSR count). The number of nitrogens with one attached hydrogen (secondary N) is 4. The van der Waals surface area contributed by atoms with Gasteiger partial charge in [0.2, 0.25) is 0 Å². The van der Waals surface area contributed by atoms with Crippen molar-refractivity contribution in [3.05, 3.63) is 109 Å². The number of rotatable bonds is 5. The van der Waals surface area contributed by atoms with Gasteiger partial charge in [0.25, 0.3) is 0 Å². The fourth-order valence-corrected chi connectivity index (χ4v) is 3.07. The van der Waals surface area contributed by atoms with Gasteiger partial charge in [0, 0.05) is 11.4 Å². The number of hydrogen-bond donors (Lipinski definition) is 6. The molecule has 0 spiro atoms. The van der Waals surface area contributed by atoms with Crippen molar-refractivity contribution < 1.29 is 29.3 Å². The van der Waals surface area contributed by atoms with Crippen LogP contribution in [0.4, 0.5) is 32.3 Å². The molecule has 0 saturated heterocycles. The number of amides is 4. The summed E-state index contributed by atoms with van der Waals surface area (Å²) in [5.41, 5.74) is 2.02. The number of carbonyl (C=O) groups is 3. The second-order valence-corrected chi connectivity index (χ2v) is 7.63. The molecule has 10 heteroatoms. The van der Waals surface area contributed by atoms with Crippen molar-refractivity contribution >= 4 is 40.8 Å². The lowest BCUT2D eigenvalue weighted by Gasteiger charge is -2.10. The minimum absolute atomic E-state index is 0.0377. The molecule has 0 heterocycles. The van der Waals surface area contributed by atoms with E-state index in [1.807, 2.05) is 24.3 Å². The lowest BCUT2D eigenvalue weighted by atomic mass is 10.2. The molecule has 0 fully saturated rings. The van der Waals surface area contributed by atoms with Crippen LogP contribution < -0.4 is 21.3 Å². The monoisotopic (exact) mass is 514 g/mol. The normalized spacial score (nSPS) is 9.71. The predicted molar refractivity (Wildman–Crippen MR) is 146 cm³/mol. The Balaban J connectivity index is 0.000000215. The highest BCUT2D eigenvalue weighted by molar-refractivity contribution is 6.02. The van der Waals surface area contributed by atoms with E-state index in [0.29, 0.717) is 17.1 Å². The van der Waals surface area contributed by atoms with Gasteiger partial charge in [-0.15, -0.1) is 0 Å². The van der Waals surface area contributed by atoms with Gasteiger partial charge in [0.05, 0.1) is 24.0 Å². The van der Waals surface area contributed by atoms with Crippen LogP contribution in [0.25, 0.3) is 0 Å². The predicted octanol–water partition coefficient (Wildman–Crippen LogP) is 5.86. The first kappa shape index (κ1) is 27.1. The van der Waals surface area contributed by atoms with Crippen molar-refractivity contribution in [1.29, 1.82) is 0 Å². The maximum absolute atomic E-state index is 11.8. The van der Waals surface area contributed by atoms with Gasteiger partial charge in [-0.1, -0.05) is 48.5 Å². The summed E-state index contributed by atoms with van der Waals surface area (Å²) in [6, 6.07) is 27.6. The Morgan fingerprint density at radius 3 is 1.58 bits per heavy atom. The standard InChI is InChI=1S/C15H14N2O4.C13H12N2O2/c1-21-14(19)10-7-8-13(18)12(9-10)17-15(20)16-11-5-3-2-4-6-11;16-12-9-5-4-8-11(12)15-13(17)14-10-6-2-1-3-7-10/h2-9,18H,1H3,(H2,16,17,20);1-9,16H,(H2,14,15,17). The Kier molecular flexibility index (Phi) is 9.65. The molecule has 0 saturated carbocycles. The highest BCUT2D eigenvalue weighted by atomic mass is 16.5. The summed E-state index contributed by atoms with van der Waals surface area (Å²) in [6.45, 7) is 0. The number of carbonyl (C=O) groups excluding carboxylic acids is 3.